The Bertz CT molecular complexity index is 427. The minimum absolute atomic E-state index is 0.483. The number of aldehydes is 1. The molecule has 2 nitrogen and oxygen atoms in total. The van der Waals surface area contributed by atoms with Crippen LogP contribution in [-0.4, -0.2) is 19.4 Å². The quantitative estimate of drug-likeness (QED) is 0.648. The van der Waals surface area contributed by atoms with E-state index in [1.165, 1.54) is 23.2 Å². The van der Waals surface area contributed by atoms with E-state index in [-0.39, 0.29) is 0 Å². The molecular formula is C18H29NO. The number of rotatable bonds is 8. The fourth-order valence-electron chi connectivity index (χ4n) is 2.66. The van der Waals surface area contributed by atoms with Gasteiger partial charge in [-0.1, -0.05) is 51.8 Å². The average molecular weight is 275 g/mol. The lowest BCUT2D eigenvalue weighted by Gasteiger charge is -2.29. The molecule has 20 heavy (non-hydrogen) atoms. The molecule has 0 saturated heterocycles. The first-order valence-electron chi connectivity index (χ1n) is 7.84. The number of carbonyl (C=O) groups excluding carboxylic acids is 1. The molecule has 0 heterocycles. The molecule has 112 valence electrons. The predicted molar refractivity (Wildman–Crippen MR) is 87.6 cm³/mol. The molecule has 2 atom stereocenters. The first-order valence-corrected chi connectivity index (χ1v) is 7.84. The second-order valence-corrected chi connectivity index (χ2v) is 5.85. The third kappa shape index (κ3) is 4.09. The lowest BCUT2D eigenvalue weighted by molar-refractivity contribution is -0.106. The molecule has 1 aromatic carbocycles. The summed E-state index contributed by atoms with van der Waals surface area (Å²) >= 11 is 0. The van der Waals surface area contributed by atoms with E-state index in [1.807, 2.05) is 0 Å². The van der Waals surface area contributed by atoms with Crippen molar-refractivity contribution in [1.29, 1.82) is 0 Å². The van der Waals surface area contributed by atoms with Crippen molar-refractivity contribution < 1.29 is 4.79 Å². The van der Waals surface area contributed by atoms with E-state index in [4.69, 9.17) is 0 Å². The van der Waals surface area contributed by atoms with Gasteiger partial charge in [0.1, 0.15) is 6.29 Å². The first kappa shape index (κ1) is 16.7. The highest BCUT2D eigenvalue weighted by Crippen LogP contribution is 2.34. The fraction of sp³-hybridized carbons (Fsp3) is 0.611. The van der Waals surface area contributed by atoms with Crippen LogP contribution in [-0.2, 0) is 4.79 Å². The maximum absolute atomic E-state index is 11.0. The van der Waals surface area contributed by atoms with Gasteiger partial charge in [-0.3, -0.25) is 0 Å². The van der Waals surface area contributed by atoms with E-state index in [2.05, 4.69) is 57.7 Å². The Kier molecular flexibility index (Phi) is 6.77. The van der Waals surface area contributed by atoms with E-state index >= 15 is 0 Å². The first-order chi connectivity index (χ1) is 9.54. The van der Waals surface area contributed by atoms with E-state index in [0.717, 1.165) is 19.3 Å². The van der Waals surface area contributed by atoms with Gasteiger partial charge in [0.25, 0.3) is 0 Å². The van der Waals surface area contributed by atoms with Gasteiger partial charge in [-0.15, -0.1) is 0 Å². The lowest BCUT2D eigenvalue weighted by atomic mass is 9.85. The van der Waals surface area contributed by atoms with Gasteiger partial charge in [0.15, 0.2) is 0 Å². The summed E-state index contributed by atoms with van der Waals surface area (Å²) in [5.74, 6) is 1.16. The molecule has 0 radical (unpaired) electrons. The molecule has 1 rings (SSSR count). The van der Waals surface area contributed by atoms with Gasteiger partial charge in [-0.05, 0) is 36.8 Å². The largest absolute Gasteiger partial charge is 0.364 e. The van der Waals surface area contributed by atoms with Crippen molar-refractivity contribution in [3.05, 3.63) is 29.3 Å². The number of benzene rings is 1. The van der Waals surface area contributed by atoms with E-state index < -0.39 is 0 Å². The molecule has 0 saturated carbocycles. The summed E-state index contributed by atoms with van der Waals surface area (Å²) < 4.78 is 0. The predicted octanol–water partition coefficient (Wildman–Crippen LogP) is 4.56. The second-order valence-electron chi connectivity index (χ2n) is 5.85. The summed E-state index contributed by atoms with van der Waals surface area (Å²) in [4.78, 5) is 13.2. The van der Waals surface area contributed by atoms with Crippen molar-refractivity contribution in [2.45, 2.75) is 53.4 Å². The second kappa shape index (κ2) is 8.08. The van der Waals surface area contributed by atoms with Crippen LogP contribution in [0.4, 0.5) is 5.69 Å². The molecule has 0 aliphatic rings. The Morgan fingerprint density at radius 2 is 1.95 bits per heavy atom. The van der Waals surface area contributed by atoms with Crippen molar-refractivity contribution in [3.8, 4) is 0 Å². The molecule has 2 heteroatoms. The maximum Gasteiger partial charge on any atom is 0.139 e. The number of anilines is 1. The molecule has 0 amide bonds. The summed E-state index contributed by atoms with van der Waals surface area (Å²) in [6.45, 7) is 12.6. The van der Waals surface area contributed by atoms with Crippen molar-refractivity contribution in [3.63, 3.8) is 0 Å². The maximum atomic E-state index is 11.0. The number of hydrogen-bond donors (Lipinski definition) is 0. The zero-order valence-electron chi connectivity index (χ0n) is 13.6. The number of aryl methyl sites for hydroxylation is 1. The van der Waals surface area contributed by atoms with Crippen molar-refractivity contribution in [2.24, 2.45) is 5.92 Å². The van der Waals surface area contributed by atoms with Crippen LogP contribution in [0.5, 0.6) is 0 Å². The summed E-state index contributed by atoms with van der Waals surface area (Å²) in [6.07, 6.45) is 3.24. The van der Waals surface area contributed by atoms with E-state index in [0.29, 0.717) is 18.4 Å². The van der Waals surface area contributed by atoms with Gasteiger partial charge in [0.05, 0.1) is 6.54 Å². The smallest absolute Gasteiger partial charge is 0.139 e. The Morgan fingerprint density at radius 3 is 2.50 bits per heavy atom. The zero-order valence-corrected chi connectivity index (χ0v) is 13.6. The highest BCUT2D eigenvalue weighted by Gasteiger charge is 2.19. The number of hydrogen-bond acceptors (Lipinski definition) is 2. The molecule has 0 aliphatic carbocycles. The molecule has 0 fully saturated rings. The third-order valence-corrected chi connectivity index (χ3v) is 4.30. The minimum Gasteiger partial charge on any atom is -0.364 e. The van der Waals surface area contributed by atoms with Crippen molar-refractivity contribution >= 4 is 12.0 Å². The highest BCUT2D eigenvalue weighted by molar-refractivity contribution is 5.64. The summed E-state index contributed by atoms with van der Waals surface area (Å²) in [7, 11) is 0. The van der Waals surface area contributed by atoms with Gasteiger partial charge in [-0.25, -0.2) is 0 Å². The van der Waals surface area contributed by atoms with Gasteiger partial charge in [0.2, 0.25) is 0 Å². The number of nitrogens with zero attached hydrogens (tertiary/aromatic N) is 1. The molecule has 0 aliphatic heterocycles. The van der Waals surface area contributed by atoms with Crippen LogP contribution in [0.3, 0.4) is 0 Å². The van der Waals surface area contributed by atoms with Crippen LogP contribution in [0.1, 0.15) is 57.6 Å². The average Bonchev–Trinajstić information content (AvgIpc) is 2.45. The molecule has 0 spiro atoms. The monoisotopic (exact) mass is 275 g/mol. The highest BCUT2D eigenvalue weighted by atomic mass is 16.1. The van der Waals surface area contributed by atoms with Gasteiger partial charge in [-0.2, -0.15) is 0 Å². The molecule has 1 aromatic rings. The van der Waals surface area contributed by atoms with E-state index in [9.17, 15) is 4.79 Å². The molecule has 0 bridgehead atoms. The Balaban J connectivity index is 3.19. The molecule has 0 N–H and O–H groups in total. The van der Waals surface area contributed by atoms with Crippen LogP contribution in [0.25, 0.3) is 0 Å². The minimum atomic E-state index is 0.483. The lowest BCUT2D eigenvalue weighted by Crippen LogP contribution is -2.28. The Hall–Kier alpha value is -1.31. The van der Waals surface area contributed by atoms with E-state index in [1.54, 1.807) is 0 Å². The van der Waals surface area contributed by atoms with Crippen LogP contribution in [0.2, 0.25) is 0 Å². The third-order valence-electron chi connectivity index (χ3n) is 4.30. The summed E-state index contributed by atoms with van der Waals surface area (Å²) in [5, 5.41) is 0. The Morgan fingerprint density at radius 1 is 1.25 bits per heavy atom. The van der Waals surface area contributed by atoms with Gasteiger partial charge >= 0.3 is 0 Å². The zero-order chi connectivity index (χ0) is 15.1. The summed E-state index contributed by atoms with van der Waals surface area (Å²) in [5.41, 5.74) is 3.91. The Labute approximate surface area is 124 Å². The van der Waals surface area contributed by atoms with Crippen LogP contribution < -0.4 is 4.90 Å². The molecule has 0 aromatic heterocycles. The van der Waals surface area contributed by atoms with Crippen LogP contribution in [0, 0.1) is 12.8 Å². The normalized spacial score (nSPS) is 13.8. The fourth-order valence-corrected chi connectivity index (χ4v) is 2.66. The van der Waals surface area contributed by atoms with Crippen LogP contribution in [0.15, 0.2) is 18.2 Å². The summed E-state index contributed by atoms with van der Waals surface area (Å²) in [6, 6.07) is 6.62. The molecule has 2 unspecified atom stereocenters. The SMILES string of the molecule is CCCN(CC=O)c1ccc(C)cc1C(C)C(C)CC. The van der Waals surface area contributed by atoms with Gasteiger partial charge in [0, 0.05) is 12.2 Å². The van der Waals surface area contributed by atoms with Gasteiger partial charge < -0.3 is 9.69 Å². The van der Waals surface area contributed by atoms with Crippen LogP contribution >= 0.6 is 0 Å². The number of carbonyl (C=O) groups is 1. The van der Waals surface area contributed by atoms with Crippen molar-refractivity contribution in [1.82, 2.24) is 0 Å². The standard InChI is InChI=1S/C18H29NO/c1-6-10-19(11-12-20)18-9-8-14(3)13-17(18)16(5)15(4)7-2/h8-9,12-13,15-16H,6-7,10-11H2,1-5H3. The van der Waals surface area contributed by atoms with Crippen molar-refractivity contribution in [2.75, 3.05) is 18.0 Å². The topological polar surface area (TPSA) is 20.3 Å². The molecular weight excluding hydrogens is 246 g/mol.